The number of fused-ring (bicyclic) bond motifs is 1. The summed E-state index contributed by atoms with van der Waals surface area (Å²) in [6.07, 6.45) is 6.50. The molecule has 1 heterocycles. The van der Waals surface area contributed by atoms with E-state index >= 15 is 0 Å². The molecule has 2 rings (SSSR count). The maximum atomic E-state index is 11.3. The second kappa shape index (κ2) is 6.78. The number of hydrogen-bond acceptors (Lipinski definition) is 3. The summed E-state index contributed by atoms with van der Waals surface area (Å²) in [5.74, 6) is 0. The van der Waals surface area contributed by atoms with E-state index in [1.165, 1.54) is 16.3 Å². The van der Waals surface area contributed by atoms with Crippen LogP contribution in [0.1, 0.15) is 18.9 Å². The Hall–Kier alpha value is -1.26. The highest BCUT2D eigenvalue weighted by atomic mass is 32.2. The highest BCUT2D eigenvalue weighted by Crippen LogP contribution is 2.16. The lowest BCUT2D eigenvalue weighted by molar-refractivity contribution is 0.629. The molecule has 0 fully saturated rings. The lowest BCUT2D eigenvalue weighted by Gasteiger charge is -2.10. The summed E-state index contributed by atoms with van der Waals surface area (Å²) in [5, 5.41) is 6.07. The van der Waals surface area contributed by atoms with Gasteiger partial charge in [-0.3, -0.25) is 9.19 Å². The van der Waals surface area contributed by atoms with E-state index in [1.807, 2.05) is 31.5 Å². The fraction of sp³-hybridized carbons (Fsp3) is 0.400. The molecule has 1 N–H and O–H groups in total. The molecule has 4 heteroatoms. The summed E-state index contributed by atoms with van der Waals surface area (Å²) >= 11 is 0. The average Bonchev–Trinajstić information content (AvgIpc) is 2.43. The fourth-order valence-electron chi connectivity index (χ4n) is 2.01. The lowest BCUT2D eigenvalue weighted by atomic mass is 10.1. The summed E-state index contributed by atoms with van der Waals surface area (Å²) in [5.41, 5.74) is 1.21. The summed E-state index contributed by atoms with van der Waals surface area (Å²) < 4.78 is 11.3. The van der Waals surface area contributed by atoms with Gasteiger partial charge >= 0.3 is 0 Å². The number of hydrogen-bond donors (Lipinski definition) is 1. The van der Waals surface area contributed by atoms with Gasteiger partial charge in [0.1, 0.15) is 0 Å². The van der Waals surface area contributed by atoms with Crippen molar-refractivity contribution in [1.82, 2.24) is 10.3 Å². The average molecular weight is 276 g/mol. The van der Waals surface area contributed by atoms with Gasteiger partial charge < -0.3 is 5.32 Å². The molecule has 0 amide bonds. The zero-order valence-electron chi connectivity index (χ0n) is 11.4. The molecule has 19 heavy (non-hydrogen) atoms. The van der Waals surface area contributed by atoms with E-state index < -0.39 is 10.8 Å². The van der Waals surface area contributed by atoms with Crippen LogP contribution in [-0.2, 0) is 17.3 Å². The zero-order valence-corrected chi connectivity index (χ0v) is 12.2. The minimum atomic E-state index is -0.733. The fourth-order valence-corrected chi connectivity index (χ4v) is 2.46. The topological polar surface area (TPSA) is 42.0 Å². The monoisotopic (exact) mass is 276 g/mol. The SMILES string of the molecule is CC(CCNCc1cncc2ccccc12)S(C)=O. The molecule has 0 aliphatic carbocycles. The first-order chi connectivity index (χ1) is 9.18. The third-order valence-corrected chi connectivity index (χ3v) is 4.73. The predicted molar refractivity (Wildman–Crippen MR) is 81.6 cm³/mol. The predicted octanol–water partition coefficient (Wildman–Crippen LogP) is 2.48. The summed E-state index contributed by atoms with van der Waals surface area (Å²) in [6.45, 7) is 3.71. The van der Waals surface area contributed by atoms with Gasteiger partial charge in [-0.1, -0.05) is 31.2 Å². The Labute approximate surface area is 116 Å². The van der Waals surface area contributed by atoms with Gasteiger partial charge in [-0.05, 0) is 23.9 Å². The van der Waals surface area contributed by atoms with Crippen molar-refractivity contribution in [2.75, 3.05) is 12.8 Å². The van der Waals surface area contributed by atoms with Crippen molar-refractivity contribution in [1.29, 1.82) is 0 Å². The summed E-state index contributed by atoms with van der Waals surface area (Å²) in [4.78, 5) is 4.27. The Bertz CT molecular complexity index is 566. The molecule has 0 saturated carbocycles. The maximum absolute atomic E-state index is 11.3. The van der Waals surface area contributed by atoms with E-state index in [1.54, 1.807) is 6.26 Å². The molecular formula is C15H20N2OS. The minimum Gasteiger partial charge on any atom is -0.313 e. The lowest BCUT2D eigenvalue weighted by Crippen LogP contribution is -2.21. The highest BCUT2D eigenvalue weighted by Gasteiger charge is 2.05. The number of aromatic nitrogens is 1. The molecule has 0 radical (unpaired) electrons. The third-order valence-electron chi connectivity index (χ3n) is 3.36. The number of nitrogens with zero attached hydrogens (tertiary/aromatic N) is 1. The van der Waals surface area contributed by atoms with Crippen LogP contribution in [-0.4, -0.2) is 27.2 Å². The molecule has 0 aliphatic heterocycles. The molecule has 0 saturated heterocycles. The minimum absolute atomic E-state index is 0.248. The number of rotatable bonds is 6. The molecule has 2 atom stereocenters. The van der Waals surface area contributed by atoms with Gasteiger partial charge in [-0.25, -0.2) is 0 Å². The molecule has 0 bridgehead atoms. The molecule has 0 spiro atoms. The number of nitrogens with one attached hydrogen (secondary N) is 1. The van der Waals surface area contributed by atoms with Gasteiger partial charge in [0.2, 0.25) is 0 Å². The maximum Gasteiger partial charge on any atom is 0.0346 e. The van der Waals surface area contributed by atoms with Crippen LogP contribution in [0.3, 0.4) is 0 Å². The van der Waals surface area contributed by atoms with E-state index in [2.05, 4.69) is 22.4 Å². The first kappa shape index (κ1) is 14.2. The van der Waals surface area contributed by atoms with Gasteiger partial charge in [0.15, 0.2) is 0 Å². The van der Waals surface area contributed by atoms with Crippen molar-refractivity contribution in [3.05, 3.63) is 42.2 Å². The van der Waals surface area contributed by atoms with Gasteiger partial charge in [0.25, 0.3) is 0 Å². The molecule has 0 aliphatic rings. The highest BCUT2D eigenvalue weighted by molar-refractivity contribution is 7.84. The van der Waals surface area contributed by atoms with E-state index in [0.29, 0.717) is 0 Å². The number of benzene rings is 1. The van der Waals surface area contributed by atoms with Gasteiger partial charge in [0.05, 0.1) is 0 Å². The van der Waals surface area contributed by atoms with Crippen LogP contribution in [0, 0.1) is 0 Å². The molecule has 2 aromatic rings. The van der Waals surface area contributed by atoms with Crippen LogP contribution in [0.4, 0.5) is 0 Å². The largest absolute Gasteiger partial charge is 0.313 e. The van der Waals surface area contributed by atoms with Gasteiger partial charge in [-0.2, -0.15) is 0 Å². The Morgan fingerprint density at radius 3 is 2.89 bits per heavy atom. The van der Waals surface area contributed by atoms with Crippen molar-refractivity contribution in [2.45, 2.75) is 25.1 Å². The van der Waals surface area contributed by atoms with Crippen LogP contribution in [0.5, 0.6) is 0 Å². The Balaban J connectivity index is 1.93. The van der Waals surface area contributed by atoms with Crippen LogP contribution in [0.2, 0.25) is 0 Å². The van der Waals surface area contributed by atoms with Crippen molar-refractivity contribution >= 4 is 21.6 Å². The van der Waals surface area contributed by atoms with Crippen LogP contribution in [0.25, 0.3) is 10.8 Å². The molecular weight excluding hydrogens is 256 g/mol. The second-order valence-electron chi connectivity index (χ2n) is 4.79. The zero-order chi connectivity index (χ0) is 13.7. The van der Waals surface area contributed by atoms with Gasteiger partial charge in [-0.15, -0.1) is 0 Å². The summed E-state index contributed by atoms with van der Waals surface area (Å²) in [6, 6.07) is 8.28. The second-order valence-corrected chi connectivity index (χ2v) is 6.60. The first-order valence-corrected chi connectivity index (χ1v) is 8.15. The van der Waals surface area contributed by atoms with Crippen molar-refractivity contribution < 1.29 is 4.21 Å². The molecule has 3 nitrogen and oxygen atoms in total. The molecule has 2 unspecified atom stereocenters. The number of pyridine rings is 1. The first-order valence-electron chi connectivity index (χ1n) is 6.53. The third kappa shape index (κ3) is 3.85. The van der Waals surface area contributed by atoms with Crippen LogP contribution in [0.15, 0.2) is 36.7 Å². The molecule has 102 valence electrons. The van der Waals surface area contributed by atoms with Crippen LogP contribution >= 0.6 is 0 Å². The van der Waals surface area contributed by atoms with Crippen molar-refractivity contribution in [2.24, 2.45) is 0 Å². The van der Waals surface area contributed by atoms with Crippen molar-refractivity contribution in [3.8, 4) is 0 Å². The van der Waals surface area contributed by atoms with E-state index in [-0.39, 0.29) is 5.25 Å². The quantitative estimate of drug-likeness (QED) is 0.824. The Morgan fingerprint density at radius 1 is 1.32 bits per heavy atom. The smallest absolute Gasteiger partial charge is 0.0346 e. The van der Waals surface area contributed by atoms with E-state index in [9.17, 15) is 4.21 Å². The molecule has 1 aromatic heterocycles. The Kier molecular flexibility index (Phi) is 5.05. The van der Waals surface area contributed by atoms with E-state index in [4.69, 9.17) is 0 Å². The van der Waals surface area contributed by atoms with Crippen LogP contribution < -0.4 is 5.32 Å². The van der Waals surface area contributed by atoms with E-state index in [0.717, 1.165) is 19.5 Å². The molecule has 1 aromatic carbocycles. The van der Waals surface area contributed by atoms with Crippen molar-refractivity contribution in [3.63, 3.8) is 0 Å². The summed E-state index contributed by atoms with van der Waals surface area (Å²) in [7, 11) is -0.733. The van der Waals surface area contributed by atoms with Gasteiger partial charge in [0, 0.05) is 46.6 Å². The normalized spacial score (nSPS) is 14.4. The standard InChI is InChI=1S/C15H20N2OS/c1-12(19(2)18)7-8-16-10-14-11-17-9-13-5-3-4-6-15(13)14/h3-6,9,11-12,16H,7-8,10H2,1-2H3. The Morgan fingerprint density at radius 2 is 2.11 bits per heavy atom.